The summed E-state index contributed by atoms with van der Waals surface area (Å²) in [6.45, 7) is 0.280. The molecule has 2 rings (SSSR count). The molecule has 0 bridgehead atoms. The van der Waals surface area contributed by atoms with Gasteiger partial charge in [0.15, 0.2) is 0 Å². The van der Waals surface area contributed by atoms with Crippen LogP contribution >= 0.6 is 0 Å². The van der Waals surface area contributed by atoms with Gasteiger partial charge in [-0.25, -0.2) is 0 Å². The summed E-state index contributed by atoms with van der Waals surface area (Å²) in [5, 5.41) is 18.4. The molecule has 0 saturated heterocycles. The zero-order valence-electron chi connectivity index (χ0n) is 11.5. The fraction of sp³-hybridized carbons (Fsp3) is 0.500. The van der Waals surface area contributed by atoms with Crippen LogP contribution < -0.4 is 0 Å². The molecule has 4 heteroatoms. The third kappa shape index (κ3) is 3.37. The molecule has 1 atom stereocenters. The summed E-state index contributed by atoms with van der Waals surface area (Å²) in [6, 6.07) is 11.9. The van der Waals surface area contributed by atoms with E-state index in [9.17, 15) is 10.1 Å². The minimum absolute atomic E-state index is 0.0499. The molecule has 1 saturated carbocycles. The fourth-order valence-corrected chi connectivity index (χ4v) is 2.52. The molecule has 0 radical (unpaired) electrons. The Morgan fingerprint density at radius 1 is 1.40 bits per heavy atom. The van der Waals surface area contributed by atoms with Crippen molar-refractivity contribution in [2.24, 2.45) is 5.92 Å². The molecule has 1 aromatic carbocycles. The Hall–Kier alpha value is -1.86. The van der Waals surface area contributed by atoms with Gasteiger partial charge in [-0.2, -0.15) is 5.26 Å². The summed E-state index contributed by atoms with van der Waals surface area (Å²) in [4.78, 5) is 14.2. The summed E-state index contributed by atoms with van der Waals surface area (Å²) in [6.07, 6.45) is 3.52. The van der Waals surface area contributed by atoms with E-state index >= 15 is 0 Å². The van der Waals surface area contributed by atoms with E-state index in [1.54, 1.807) is 4.90 Å². The first-order valence-electron chi connectivity index (χ1n) is 7.11. The van der Waals surface area contributed by atoms with Crippen molar-refractivity contribution < 1.29 is 9.90 Å². The van der Waals surface area contributed by atoms with Gasteiger partial charge in [0.25, 0.3) is 0 Å². The topological polar surface area (TPSA) is 64.3 Å². The molecule has 1 unspecified atom stereocenters. The third-order valence-corrected chi connectivity index (χ3v) is 3.88. The number of hydrogen-bond donors (Lipinski definition) is 1. The minimum atomic E-state index is -0.662. The average molecular weight is 272 g/mol. The van der Waals surface area contributed by atoms with Gasteiger partial charge in [0, 0.05) is 12.6 Å². The van der Waals surface area contributed by atoms with Gasteiger partial charge in [-0.05, 0) is 31.2 Å². The van der Waals surface area contributed by atoms with Crippen molar-refractivity contribution >= 4 is 5.91 Å². The number of carbonyl (C=O) groups is 1. The van der Waals surface area contributed by atoms with Crippen LogP contribution in [0.4, 0.5) is 0 Å². The predicted molar refractivity (Wildman–Crippen MR) is 75.7 cm³/mol. The molecule has 1 amide bonds. The number of hydrogen-bond acceptors (Lipinski definition) is 3. The highest BCUT2D eigenvalue weighted by molar-refractivity contribution is 5.82. The van der Waals surface area contributed by atoms with Crippen molar-refractivity contribution in [3.8, 4) is 6.07 Å². The average Bonchev–Trinajstić information content (AvgIpc) is 2.43. The lowest BCUT2D eigenvalue weighted by Gasteiger charge is -2.38. The molecule has 1 fully saturated rings. The molecule has 106 valence electrons. The van der Waals surface area contributed by atoms with Crippen molar-refractivity contribution in [1.82, 2.24) is 4.90 Å². The maximum atomic E-state index is 12.5. The van der Waals surface area contributed by atoms with Gasteiger partial charge in [-0.1, -0.05) is 30.3 Å². The Kier molecular flexibility index (Phi) is 5.14. The Balaban J connectivity index is 2.05. The minimum Gasteiger partial charge on any atom is -0.395 e. The highest BCUT2D eigenvalue weighted by atomic mass is 16.3. The van der Waals surface area contributed by atoms with Crippen LogP contribution in [0.25, 0.3) is 0 Å². The van der Waals surface area contributed by atoms with Gasteiger partial charge in [0.05, 0.1) is 12.7 Å². The summed E-state index contributed by atoms with van der Waals surface area (Å²) in [5.41, 5.74) is 0.991. The Morgan fingerprint density at radius 3 is 2.60 bits per heavy atom. The Labute approximate surface area is 119 Å². The number of carbonyl (C=O) groups excluding carboxylic acids is 1. The second-order valence-corrected chi connectivity index (χ2v) is 5.21. The van der Waals surface area contributed by atoms with Crippen molar-refractivity contribution in [2.45, 2.75) is 31.7 Å². The van der Waals surface area contributed by atoms with Crippen LogP contribution in [0.3, 0.4) is 0 Å². The molecule has 4 nitrogen and oxygen atoms in total. The fourth-order valence-electron chi connectivity index (χ4n) is 2.52. The molecule has 1 aliphatic carbocycles. The number of nitriles is 1. The first-order valence-corrected chi connectivity index (χ1v) is 7.11. The lowest BCUT2D eigenvalue weighted by atomic mass is 9.89. The van der Waals surface area contributed by atoms with E-state index in [0.717, 1.165) is 24.8 Å². The summed E-state index contributed by atoms with van der Waals surface area (Å²) in [7, 11) is 0. The zero-order chi connectivity index (χ0) is 14.4. The second-order valence-electron chi connectivity index (χ2n) is 5.21. The number of amides is 1. The highest BCUT2D eigenvalue weighted by Crippen LogP contribution is 2.26. The molecule has 0 aliphatic heterocycles. The number of nitrogens with zero attached hydrogens (tertiary/aromatic N) is 2. The van der Waals surface area contributed by atoms with E-state index < -0.39 is 5.92 Å². The SMILES string of the molecule is N#CC(Cc1ccccc1)C(=O)N(CCO)C1CCC1. The van der Waals surface area contributed by atoms with Gasteiger partial charge in [-0.3, -0.25) is 4.79 Å². The second kappa shape index (κ2) is 7.06. The maximum absolute atomic E-state index is 12.5. The standard InChI is InChI=1S/C16H20N2O2/c17-12-14(11-13-5-2-1-3-6-13)16(20)18(9-10-19)15-7-4-8-15/h1-3,5-6,14-15,19H,4,7-11H2. The van der Waals surface area contributed by atoms with Crippen LogP contribution in [0.2, 0.25) is 0 Å². The Morgan fingerprint density at radius 2 is 2.10 bits per heavy atom. The van der Waals surface area contributed by atoms with E-state index in [-0.39, 0.29) is 18.6 Å². The molecule has 1 N–H and O–H groups in total. The maximum Gasteiger partial charge on any atom is 0.240 e. The van der Waals surface area contributed by atoms with E-state index in [4.69, 9.17) is 5.11 Å². The van der Waals surface area contributed by atoms with Gasteiger partial charge in [0.1, 0.15) is 5.92 Å². The summed E-state index contributed by atoms with van der Waals surface area (Å²) < 4.78 is 0. The predicted octanol–water partition coefficient (Wildman–Crippen LogP) is 1.74. The lowest BCUT2D eigenvalue weighted by Crippen LogP contribution is -2.48. The van der Waals surface area contributed by atoms with Crippen molar-refractivity contribution in [2.75, 3.05) is 13.2 Å². The lowest BCUT2D eigenvalue weighted by molar-refractivity contribution is -0.138. The van der Waals surface area contributed by atoms with Crippen LogP contribution in [-0.2, 0) is 11.2 Å². The molecule has 0 spiro atoms. The van der Waals surface area contributed by atoms with Crippen LogP contribution in [0.15, 0.2) is 30.3 Å². The van der Waals surface area contributed by atoms with Crippen molar-refractivity contribution in [1.29, 1.82) is 5.26 Å². The third-order valence-electron chi connectivity index (χ3n) is 3.88. The zero-order valence-corrected chi connectivity index (χ0v) is 11.5. The number of rotatable bonds is 6. The van der Waals surface area contributed by atoms with Crippen molar-refractivity contribution in [3.05, 3.63) is 35.9 Å². The van der Waals surface area contributed by atoms with Crippen LogP contribution in [-0.4, -0.2) is 35.1 Å². The quantitative estimate of drug-likeness (QED) is 0.858. The first-order chi connectivity index (χ1) is 9.76. The van der Waals surface area contributed by atoms with Gasteiger partial charge >= 0.3 is 0 Å². The molecule has 1 aliphatic rings. The van der Waals surface area contributed by atoms with Crippen LogP contribution in [0.1, 0.15) is 24.8 Å². The number of benzene rings is 1. The van der Waals surface area contributed by atoms with E-state index in [0.29, 0.717) is 13.0 Å². The molecule has 1 aromatic rings. The van der Waals surface area contributed by atoms with Gasteiger partial charge in [-0.15, -0.1) is 0 Å². The molecule has 20 heavy (non-hydrogen) atoms. The monoisotopic (exact) mass is 272 g/mol. The van der Waals surface area contributed by atoms with Gasteiger partial charge in [0.2, 0.25) is 5.91 Å². The normalized spacial score (nSPS) is 16.0. The van der Waals surface area contributed by atoms with Gasteiger partial charge < -0.3 is 10.0 Å². The summed E-state index contributed by atoms with van der Waals surface area (Å²) >= 11 is 0. The van der Waals surface area contributed by atoms with E-state index in [1.165, 1.54) is 0 Å². The molecular formula is C16H20N2O2. The highest BCUT2D eigenvalue weighted by Gasteiger charge is 2.32. The number of aliphatic hydroxyl groups is 1. The van der Waals surface area contributed by atoms with Crippen molar-refractivity contribution in [3.63, 3.8) is 0 Å². The van der Waals surface area contributed by atoms with Crippen LogP contribution in [0.5, 0.6) is 0 Å². The Bertz CT molecular complexity index is 477. The molecule has 0 aromatic heterocycles. The largest absolute Gasteiger partial charge is 0.395 e. The summed E-state index contributed by atoms with van der Waals surface area (Å²) in [5.74, 6) is -0.806. The van der Waals surface area contributed by atoms with Crippen LogP contribution in [0, 0.1) is 17.2 Å². The number of aliphatic hydroxyl groups excluding tert-OH is 1. The molecular weight excluding hydrogens is 252 g/mol. The first kappa shape index (κ1) is 14.5. The van der Waals surface area contributed by atoms with E-state index in [1.807, 2.05) is 30.3 Å². The van der Waals surface area contributed by atoms with E-state index in [2.05, 4.69) is 6.07 Å². The molecule has 0 heterocycles. The smallest absolute Gasteiger partial charge is 0.240 e.